The van der Waals surface area contributed by atoms with Gasteiger partial charge in [0, 0.05) is 6.07 Å². The molecule has 0 bridgehead atoms. The Kier molecular flexibility index (Phi) is 1.92. The Bertz CT molecular complexity index is 492. The van der Waals surface area contributed by atoms with Gasteiger partial charge in [-0.3, -0.25) is 0 Å². The van der Waals surface area contributed by atoms with Crippen molar-refractivity contribution >= 4 is 17.1 Å². The number of benzene rings is 1. The Morgan fingerprint density at radius 1 is 1.57 bits per heavy atom. The van der Waals surface area contributed by atoms with Gasteiger partial charge in [0.1, 0.15) is 16.9 Å². The van der Waals surface area contributed by atoms with E-state index >= 15 is 0 Å². The fourth-order valence-corrected chi connectivity index (χ4v) is 1.20. The van der Waals surface area contributed by atoms with Crippen LogP contribution in [0.2, 0.25) is 0 Å². The van der Waals surface area contributed by atoms with Crippen molar-refractivity contribution in [3.8, 4) is 0 Å². The highest BCUT2D eigenvalue weighted by Gasteiger charge is 2.15. The third-order valence-corrected chi connectivity index (χ3v) is 1.80. The highest BCUT2D eigenvalue weighted by molar-refractivity contribution is 6.00. The predicted octanol–water partition coefficient (Wildman–Crippen LogP) is 1.75. The van der Waals surface area contributed by atoms with Gasteiger partial charge in [0.15, 0.2) is 12.0 Å². The summed E-state index contributed by atoms with van der Waals surface area (Å²) in [6.07, 6.45) is 1.15. The first-order valence-electron chi connectivity index (χ1n) is 3.83. The number of methoxy groups -OCH3 is 1. The number of oxazole rings is 1. The molecule has 1 aromatic carbocycles. The van der Waals surface area contributed by atoms with Gasteiger partial charge in [-0.05, 0) is 6.07 Å². The van der Waals surface area contributed by atoms with E-state index in [0.717, 1.165) is 12.5 Å². The summed E-state index contributed by atoms with van der Waals surface area (Å²) in [6, 6.07) is 2.24. The quantitative estimate of drug-likeness (QED) is 0.650. The normalized spacial score (nSPS) is 10.4. The van der Waals surface area contributed by atoms with Crippen LogP contribution < -0.4 is 0 Å². The summed E-state index contributed by atoms with van der Waals surface area (Å²) < 4.78 is 22.4. The Morgan fingerprint density at radius 3 is 3.07 bits per heavy atom. The molecule has 72 valence electrons. The molecule has 0 spiro atoms. The predicted molar refractivity (Wildman–Crippen MR) is 45.3 cm³/mol. The van der Waals surface area contributed by atoms with Crippen LogP contribution in [0.4, 0.5) is 4.39 Å². The molecule has 0 N–H and O–H groups in total. The van der Waals surface area contributed by atoms with Crippen molar-refractivity contribution in [3.63, 3.8) is 0 Å². The van der Waals surface area contributed by atoms with E-state index in [1.54, 1.807) is 0 Å². The minimum Gasteiger partial charge on any atom is -0.465 e. The molecular formula is C9H6FNO3. The molecule has 4 nitrogen and oxygen atoms in total. The van der Waals surface area contributed by atoms with Crippen molar-refractivity contribution in [3.05, 3.63) is 29.9 Å². The molecule has 14 heavy (non-hydrogen) atoms. The standard InChI is InChI=1S/C9H6FNO3/c1-13-9(12)6-2-5(10)3-7-8(6)14-4-11-7/h2-4H,1H3. The number of halogens is 1. The van der Waals surface area contributed by atoms with E-state index in [-0.39, 0.29) is 11.1 Å². The van der Waals surface area contributed by atoms with E-state index in [4.69, 9.17) is 4.42 Å². The third-order valence-electron chi connectivity index (χ3n) is 1.80. The van der Waals surface area contributed by atoms with Crippen LogP contribution in [0.25, 0.3) is 11.1 Å². The fraction of sp³-hybridized carbons (Fsp3) is 0.111. The van der Waals surface area contributed by atoms with Crippen LogP contribution in [0.5, 0.6) is 0 Å². The molecule has 0 unspecified atom stereocenters. The Morgan fingerprint density at radius 2 is 2.36 bits per heavy atom. The lowest BCUT2D eigenvalue weighted by atomic mass is 10.2. The summed E-state index contributed by atoms with van der Waals surface area (Å²) in [7, 11) is 1.22. The van der Waals surface area contributed by atoms with Crippen molar-refractivity contribution in [1.82, 2.24) is 4.98 Å². The van der Waals surface area contributed by atoms with Crippen molar-refractivity contribution < 1.29 is 18.3 Å². The first-order chi connectivity index (χ1) is 6.72. The lowest BCUT2D eigenvalue weighted by Crippen LogP contribution is -2.02. The molecule has 0 saturated carbocycles. The van der Waals surface area contributed by atoms with Crippen molar-refractivity contribution in [2.24, 2.45) is 0 Å². The lowest BCUT2D eigenvalue weighted by molar-refractivity contribution is 0.0601. The zero-order valence-electron chi connectivity index (χ0n) is 7.28. The molecule has 1 heterocycles. The number of fused-ring (bicyclic) bond motifs is 1. The summed E-state index contributed by atoms with van der Waals surface area (Å²) in [5.41, 5.74) is 0.573. The minimum absolute atomic E-state index is 0.0417. The molecule has 0 radical (unpaired) electrons. The number of hydrogen-bond donors (Lipinski definition) is 0. The molecule has 0 atom stereocenters. The van der Waals surface area contributed by atoms with Crippen LogP contribution in [-0.4, -0.2) is 18.1 Å². The maximum Gasteiger partial charge on any atom is 0.341 e. The van der Waals surface area contributed by atoms with Crippen LogP contribution in [-0.2, 0) is 4.74 Å². The largest absolute Gasteiger partial charge is 0.465 e. The van der Waals surface area contributed by atoms with Gasteiger partial charge in [-0.2, -0.15) is 0 Å². The number of ether oxygens (including phenoxy) is 1. The number of carbonyl (C=O) groups excluding carboxylic acids is 1. The average Bonchev–Trinajstić information content (AvgIpc) is 2.62. The van der Waals surface area contributed by atoms with Gasteiger partial charge >= 0.3 is 5.97 Å². The smallest absolute Gasteiger partial charge is 0.341 e. The van der Waals surface area contributed by atoms with Crippen molar-refractivity contribution in [1.29, 1.82) is 0 Å². The topological polar surface area (TPSA) is 52.3 Å². The van der Waals surface area contributed by atoms with Gasteiger partial charge in [-0.1, -0.05) is 0 Å². The second-order valence-electron chi connectivity index (χ2n) is 2.65. The van der Waals surface area contributed by atoms with Gasteiger partial charge in [0.25, 0.3) is 0 Å². The summed E-state index contributed by atoms with van der Waals surface area (Å²) in [6.45, 7) is 0. The highest BCUT2D eigenvalue weighted by Crippen LogP contribution is 2.20. The van der Waals surface area contributed by atoms with E-state index in [9.17, 15) is 9.18 Å². The molecule has 5 heteroatoms. The molecule has 0 aliphatic rings. The van der Waals surface area contributed by atoms with E-state index in [2.05, 4.69) is 9.72 Å². The summed E-state index contributed by atoms with van der Waals surface area (Å²) >= 11 is 0. The SMILES string of the molecule is COC(=O)c1cc(F)cc2ncoc12. The minimum atomic E-state index is -0.647. The number of aromatic nitrogens is 1. The first-order valence-corrected chi connectivity index (χ1v) is 3.83. The van der Waals surface area contributed by atoms with Crippen LogP contribution in [0, 0.1) is 5.82 Å². The Balaban J connectivity index is 2.72. The van der Waals surface area contributed by atoms with E-state index in [1.807, 2.05) is 0 Å². The van der Waals surface area contributed by atoms with Gasteiger partial charge in [-0.25, -0.2) is 14.2 Å². The number of hydrogen-bond acceptors (Lipinski definition) is 4. The Labute approximate surface area is 78.3 Å². The fourth-order valence-electron chi connectivity index (χ4n) is 1.20. The van der Waals surface area contributed by atoms with Crippen molar-refractivity contribution in [2.75, 3.05) is 7.11 Å². The molecule has 1 aromatic heterocycles. The van der Waals surface area contributed by atoms with E-state index in [0.29, 0.717) is 5.52 Å². The average molecular weight is 195 g/mol. The number of nitrogens with zero attached hydrogens (tertiary/aromatic N) is 1. The summed E-state index contributed by atoms with van der Waals surface area (Å²) in [4.78, 5) is 14.9. The lowest BCUT2D eigenvalue weighted by Gasteiger charge is -1.99. The van der Waals surface area contributed by atoms with Gasteiger partial charge in [0.05, 0.1) is 7.11 Å². The zero-order chi connectivity index (χ0) is 10.1. The highest BCUT2D eigenvalue weighted by atomic mass is 19.1. The molecule has 0 saturated heterocycles. The molecular weight excluding hydrogens is 189 g/mol. The molecule has 2 rings (SSSR count). The van der Waals surface area contributed by atoms with Crippen LogP contribution in [0.1, 0.15) is 10.4 Å². The van der Waals surface area contributed by atoms with E-state index in [1.165, 1.54) is 13.2 Å². The number of esters is 1. The maximum absolute atomic E-state index is 13.0. The Hall–Kier alpha value is -1.91. The number of carbonyl (C=O) groups is 1. The first kappa shape index (κ1) is 8.68. The second kappa shape index (κ2) is 3.10. The molecule has 0 fully saturated rings. The summed E-state index contributed by atoms with van der Waals surface area (Å²) in [5, 5.41) is 0. The maximum atomic E-state index is 13.0. The number of rotatable bonds is 1. The zero-order valence-corrected chi connectivity index (χ0v) is 7.28. The second-order valence-corrected chi connectivity index (χ2v) is 2.65. The molecule has 0 aliphatic heterocycles. The van der Waals surface area contributed by atoms with Crippen LogP contribution in [0.15, 0.2) is 22.9 Å². The summed E-state index contributed by atoms with van der Waals surface area (Å²) in [5.74, 6) is -1.20. The van der Waals surface area contributed by atoms with E-state index < -0.39 is 11.8 Å². The third kappa shape index (κ3) is 1.22. The van der Waals surface area contributed by atoms with Gasteiger partial charge < -0.3 is 9.15 Å². The molecule has 2 aromatic rings. The molecule has 0 aliphatic carbocycles. The van der Waals surface area contributed by atoms with Gasteiger partial charge in [-0.15, -0.1) is 0 Å². The van der Waals surface area contributed by atoms with Crippen LogP contribution in [0.3, 0.4) is 0 Å². The van der Waals surface area contributed by atoms with Gasteiger partial charge in [0.2, 0.25) is 0 Å². The monoisotopic (exact) mass is 195 g/mol. The van der Waals surface area contributed by atoms with Crippen molar-refractivity contribution in [2.45, 2.75) is 0 Å². The molecule has 0 amide bonds. The van der Waals surface area contributed by atoms with Crippen LogP contribution >= 0.6 is 0 Å².